The van der Waals surface area contributed by atoms with Crippen LogP contribution < -0.4 is 9.64 Å². The van der Waals surface area contributed by atoms with Crippen molar-refractivity contribution >= 4 is 29.0 Å². The van der Waals surface area contributed by atoms with Crippen LogP contribution in [0.5, 0.6) is 5.75 Å². The molecule has 3 heterocycles. The highest BCUT2D eigenvalue weighted by atomic mass is 35.5. The van der Waals surface area contributed by atoms with E-state index in [-0.39, 0.29) is 5.60 Å². The van der Waals surface area contributed by atoms with Crippen molar-refractivity contribution in [2.45, 2.75) is 64.8 Å². The Balaban J connectivity index is 1.64. The van der Waals surface area contributed by atoms with Gasteiger partial charge in [0, 0.05) is 41.0 Å². The van der Waals surface area contributed by atoms with Gasteiger partial charge in [-0.15, -0.1) is 6.58 Å². The third-order valence-corrected chi connectivity index (χ3v) is 8.44. The number of ether oxygens (including phenoxy) is 3. The zero-order valence-electron chi connectivity index (χ0n) is 27.8. The molecular weight excluding hydrogens is 616 g/mol. The first-order chi connectivity index (χ1) is 22.3. The van der Waals surface area contributed by atoms with E-state index in [0.29, 0.717) is 65.5 Å². The molecule has 1 fully saturated rings. The molecule has 0 spiro atoms. The molecule has 5 rings (SSSR count). The van der Waals surface area contributed by atoms with Crippen molar-refractivity contribution in [3.05, 3.63) is 90.1 Å². The Morgan fingerprint density at radius 3 is 2.45 bits per heavy atom. The predicted molar refractivity (Wildman–Crippen MR) is 187 cm³/mol. The summed E-state index contributed by atoms with van der Waals surface area (Å²) in [5, 5.41) is 16.1. The van der Waals surface area contributed by atoms with Gasteiger partial charge in [0.15, 0.2) is 11.8 Å². The predicted octanol–water partition coefficient (Wildman–Crippen LogP) is 8.09. The van der Waals surface area contributed by atoms with Crippen molar-refractivity contribution in [3.8, 4) is 28.1 Å². The Morgan fingerprint density at radius 2 is 1.79 bits per heavy atom. The van der Waals surface area contributed by atoms with E-state index in [2.05, 4.69) is 25.0 Å². The van der Waals surface area contributed by atoms with Gasteiger partial charge in [0.2, 0.25) is 0 Å². The fraction of sp³-hybridized carbons (Fsp3) is 0.378. The van der Waals surface area contributed by atoms with Gasteiger partial charge in [-0.3, -0.25) is 0 Å². The van der Waals surface area contributed by atoms with E-state index in [1.165, 1.54) is 0 Å². The minimum absolute atomic E-state index is 0.315. The first-order valence-corrected chi connectivity index (χ1v) is 16.1. The van der Waals surface area contributed by atoms with Gasteiger partial charge in [0.05, 0.1) is 29.1 Å². The number of piperidine rings is 1. The molecule has 4 aromatic rings. The van der Waals surface area contributed by atoms with Crippen molar-refractivity contribution in [2.75, 3.05) is 31.2 Å². The second kappa shape index (κ2) is 13.9. The van der Waals surface area contributed by atoms with Crippen LogP contribution in [0.1, 0.15) is 57.9 Å². The number of carboxylic acid groups (broad SMARTS) is 1. The number of aliphatic carboxylic acids is 1. The quantitative estimate of drug-likeness (QED) is 0.153. The lowest BCUT2D eigenvalue weighted by atomic mass is 9.92. The minimum Gasteiger partial charge on any atom is -0.489 e. The van der Waals surface area contributed by atoms with Crippen molar-refractivity contribution in [3.63, 3.8) is 0 Å². The average molecular weight is 659 g/mol. The van der Waals surface area contributed by atoms with Gasteiger partial charge in [0.25, 0.3) is 0 Å². The Bertz CT molecular complexity index is 1790. The minimum atomic E-state index is -1.25. The normalized spacial score (nSPS) is 15.4. The standard InChI is InChI=1S/C37H43ClN4O5/c1-8-19-45-30-14-13-27(38)22-28(30)25-11-10-12-26(21-25)29-23-31-39-24(3)32(33(35(43)44)47-36(4,5)6)34(42(31)40-29)41-17-15-37(7,16-18-41)46-20-9-2/h8-14,21-23,33H,1-2,15-20H2,3-7H3,(H,43,44). The molecule has 1 aliphatic heterocycles. The lowest BCUT2D eigenvalue weighted by molar-refractivity contribution is -0.160. The molecule has 248 valence electrons. The fourth-order valence-corrected chi connectivity index (χ4v) is 6.07. The maximum atomic E-state index is 12.8. The summed E-state index contributed by atoms with van der Waals surface area (Å²) in [5.74, 6) is 0.267. The second-order valence-electron chi connectivity index (χ2n) is 13.0. The van der Waals surface area contributed by atoms with Gasteiger partial charge in [-0.2, -0.15) is 9.61 Å². The summed E-state index contributed by atoms with van der Waals surface area (Å²) in [6.45, 7) is 19.1. The van der Waals surface area contributed by atoms with Crippen LogP contribution in [0.2, 0.25) is 5.02 Å². The van der Waals surface area contributed by atoms with E-state index in [4.69, 9.17) is 35.9 Å². The molecule has 1 atom stereocenters. The molecule has 47 heavy (non-hydrogen) atoms. The van der Waals surface area contributed by atoms with Crippen molar-refractivity contribution in [1.29, 1.82) is 0 Å². The highest BCUT2D eigenvalue weighted by molar-refractivity contribution is 6.31. The molecule has 0 aliphatic carbocycles. The number of benzene rings is 2. The zero-order chi connectivity index (χ0) is 33.9. The van der Waals surface area contributed by atoms with Gasteiger partial charge in [-0.1, -0.05) is 48.5 Å². The molecule has 1 unspecified atom stereocenters. The van der Waals surface area contributed by atoms with E-state index in [9.17, 15) is 9.90 Å². The number of aromatic nitrogens is 3. The Hall–Kier alpha value is -4.18. The van der Waals surface area contributed by atoms with E-state index in [1.807, 2.05) is 70.2 Å². The molecule has 0 saturated carbocycles. The number of halogens is 1. The van der Waals surface area contributed by atoms with Crippen LogP contribution in [-0.4, -0.2) is 63.2 Å². The smallest absolute Gasteiger partial charge is 0.337 e. The van der Waals surface area contributed by atoms with Gasteiger partial charge in [-0.25, -0.2) is 9.78 Å². The molecule has 1 N–H and O–H groups in total. The second-order valence-corrected chi connectivity index (χ2v) is 13.5. The van der Waals surface area contributed by atoms with Gasteiger partial charge >= 0.3 is 5.97 Å². The molecule has 10 heteroatoms. The fourth-order valence-electron chi connectivity index (χ4n) is 5.90. The summed E-state index contributed by atoms with van der Waals surface area (Å²) >= 11 is 6.39. The number of hydrogen-bond acceptors (Lipinski definition) is 7. The highest BCUT2D eigenvalue weighted by Crippen LogP contribution is 2.39. The molecule has 2 aromatic heterocycles. The Labute approximate surface area is 281 Å². The molecule has 1 saturated heterocycles. The number of nitrogens with zero attached hydrogens (tertiary/aromatic N) is 4. The zero-order valence-corrected chi connectivity index (χ0v) is 28.5. The third-order valence-electron chi connectivity index (χ3n) is 8.20. The molecule has 2 aromatic carbocycles. The van der Waals surface area contributed by atoms with Gasteiger partial charge in [-0.05, 0) is 77.3 Å². The molecular formula is C37H43ClN4O5. The van der Waals surface area contributed by atoms with E-state index in [0.717, 1.165) is 29.5 Å². The van der Waals surface area contributed by atoms with E-state index < -0.39 is 17.7 Å². The molecule has 1 aliphatic rings. The first kappa shape index (κ1) is 34.2. The van der Waals surface area contributed by atoms with Crippen LogP contribution in [-0.2, 0) is 14.3 Å². The summed E-state index contributed by atoms with van der Waals surface area (Å²) in [6, 6.07) is 15.4. The highest BCUT2D eigenvalue weighted by Gasteiger charge is 2.37. The SMILES string of the molecule is C=CCOc1ccc(Cl)cc1-c1cccc(-c2cc3nc(C)c(C(OC(C)(C)C)C(=O)O)c(N4CCC(C)(OCC=C)CC4)n3n2)c1. The third kappa shape index (κ3) is 7.70. The number of hydrogen-bond donors (Lipinski definition) is 1. The van der Waals surface area contributed by atoms with Crippen molar-refractivity contribution < 1.29 is 24.1 Å². The number of anilines is 1. The van der Waals surface area contributed by atoms with Crippen molar-refractivity contribution in [1.82, 2.24) is 14.6 Å². The maximum absolute atomic E-state index is 12.8. The lowest BCUT2D eigenvalue weighted by Crippen LogP contribution is -2.45. The number of fused-ring (bicyclic) bond motifs is 1. The van der Waals surface area contributed by atoms with Crippen LogP contribution in [0.15, 0.2) is 73.8 Å². The summed E-state index contributed by atoms with van der Waals surface area (Å²) < 4.78 is 20.0. The number of aryl methyl sites for hydroxylation is 1. The van der Waals surface area contributed by atoms with Crippen LogP contribution in [0, 0.1) is 6.92 Å². The topological polar surface area (TPSA) is 98.4 Å². The van der Waals surface area contributed by atoms with Crippen LogP contribution in [0.4, 0.5) is 5.82 Å². The van der Waals surface area contributed by atoms with Gasteiger partial charge < -0.3 is 24.2 Å². The van der Waals surface area contributed by atoms with Crippen LogP contribution >= 0.6 is 11.6 Å². The van der Waals surface area contributed by atoms with Gasteiger partial charge in [0.1, 0.15) is 18.2 Å². The Morgan fingerprint density at radius 1 is 1.09 bits per heavy atom. The molecule has 0 radical (unpaired) electrons. The van der Waals surface area contributed by atoms with E-state index in [1.54, 1.807) is 22.7 Å². The molecule has 9 nitrogen and oxygen atoms in total. The monoisotopic (exact) mass is 658 g/mol. The summed E-state index contributed by atoms with van der Waals surface area (Å²) in [4.78, 5) is 19.8. The largest absolute Gasteiger partial charge is 0.489 e. The lowest BCUT2D eigenvalue weighted by Gasteiger charge is -2.41. The summed E-state index contributed by atoms with van der Waals surface area (Å²) in [7, 11) is 0. The Kier molecular flexibility index (Phi) is 10.1. The summed E-state index contributed by atoms with van der Waals surface area (Å²) in [5.41, 5.74) is 3.94. The molecule has 0 bridgehead atoms. The average Bonchev–Trinajstić information content (AvgIpc) is 3.45. The number of rotatable bonds is 12. The van der Waals surface area contributed by atoms with Crippen LogP contribution in [0.3, 0.4) is 0 Å². The van der Waals surface area contributed by atoms with Crippen LogP contribution in [0.25, 0.3) is 28.0 Å². The number of carboxylic acids is 1. The number of carbonyl (C=O) groups is 1. The maximum Gasteiger partial charge on any atom is 0.337 e. The summed E-state index contributed by atoms with van der Waals surface area (Å²) in [6.07, 6.45) is 3.69. The first-order valence-electron chi connectivity index (χ1n) is 15.8. The van der Waals surface area contributed by atoms with Crippen molar-refractivity contribution in [2.24, 2.45) is 0 Å². The molecule has 0 amide bonds. The van der Waals surface area contributed by atoms with E-state index >= 15 is 0 Å².